The monoisotopic (exact) mass is 275 g/mol. The molecule has 0 atom stereocenters. The highest BCUT2D eigenvalue weighted by Crippen LogP contribution is 2.21. The van der Waals surface area contributed by atoms with Gasteiger partial charge in [-0.3, -0.25) is 0 Å². The van der Waals surface area contributed by atoms with Crippen LogP contribution >= 0.6 is 0 Å². The number of anilines is 1. The molecule has 19 heavy (non-hydrogen) atoms. The van der Waals surface area contributed by atoms with Gasteiger partial charge in [0.05, 0.1) is 37.3 Å². The zero-order valence-electron chi connectivity index (χ0n) is 11.1. The van der Waals surface area contributed by atoms with Crippen LogP contribution in [-0.4, -0.2) is 46.3 Å². The normalized spacial score (nSPS) is 11.4. The van der Waals surface area contributed by atoms with Gasteiger partial charge in [0.2, 0.25) is 0 Å². The van der Waals surface area contributed by atoms with Crippen molar-refractivity contribution >= 4 is 5.69 Å². The van der Waals surface area contributed by atoms with Gasteiger partial charge in [-0.05, 0) is 0 Å². The standard InChI is InChI=1S/C12H19F2N3O2/c1-8(2)12-15-5-10(9(7-19)16-12)17(3-4-18)6-11(13)14/h5,8,11,18-19H,3-4,6-7H2,1-2H3. The maximum absolute atomic E-state index is 12.5. The van der Waals surface area contributed by atoms with E-state index in [-0.39, 0.29) is 25.7 Å². The summed E-state index contributed by atoms with van der Waals surface area (Å²) in [6.07, 6.45) is -1.12. The molecule has 2 N–H and O–H groups in total. The van der Waals surface area contributed by atoms with Crippen molar-refractivity contribution in [2.24, 2.45) is 0 Å². The van der Waals surface area contributed by atoms with Crippen LogP contribution in [0, 0.1) is 0 Å². The van der Waals surface area contributed by atoms with Crippen LogP contribution in [0.15, 0.2) is 6.20 Å². The second kappa shape index (κ2) is 7.30. The molecule has 1 heterocycles. The van der Waals surface area contributed by atoms with Gasteiger partial charge in [0.15, 0.2) is 0 Å². The number of alkyl halides is 2. The van der Waals surface area contributed by atoms with Gasteiger partial charge in [-0.2, -0.15) is 0 Å². The quantitative estimate of drug-likeness (QED) is 0.781. The molecule has 0 saturated heterocycles. The molecule has 0 bridgehead atoms. The predicted octanol–water partition coefficient (Wildman–Crippen LogP) is 1.16. The van der Waals surface area contributed by atoms with Crippen molar-refractivity contribution < 1.29 is 19.0 Å². The van der Waals surface area contributed by atoms with Crippen LogP contribution in [0.2, 0.25) is 0 Å². The summed E-state index contributed by atoms with van der Waals surface area (Å²) in [6.45, 7) is 2.70. The first-order valence-electron chi connectivity index (χ1n) is 6.10. The van der Waals surface area contributed by atoms with E-state index < -0.39 is 13.0 Å². The van der Waals surface area contributed by atoms with E-state index in [1.54, 1.807) is 0 Å². The fourth-order valence-corrected chi connectivity index (χ4v) is 1.68. The minimum atomic E-state index is -2.54. The Morgan fingerprint density at radius 2 is 2.00 bits per heavy atom. The first-order valence-corrected chi connectivity index (χ1v) is 6.10. The molecule has 0 aliphatic rings. The lowest BCUT2D eigenvalue weighted by atomic mass is 10.2. The Bertz CT molecular complexity index is 403. The topological polar surface area (TPSA) is 69.5 Å². The summed E-state index contributed by atoms with van der Waals surface area (Å²) in [7, 11) is 0. The molecule has 0 amide bonds. The van der Waals surface area contributed by atoms with Crippen LogP contribution in [0.5, 0.6) is 0 Å². The molecule has 0 saturated carbocycles. The molecular formula is C12H19F2N3O2. The van der Waals surface area contributed by atoms with Gasteiger partial charge in [0.1, 0.15) is 5.82 Å². The van der Waals surface area contributed by atoms with E-state index in [2.05, 4.69) is 9.97 Å². The number of aliphatic hydroxyl groups excluding tert-OH is 2. The smallest absolute Gasteiger partial charge is 0.255 e. The number of nitrogens with zero attached hydrogens (tertiary/aromatic N) is 3. The summed E-state index contributed by atoms with van der Waals surface area (Å²) >= 11 is 0. The van der Waals surface area contributed by atoms with Crippen LogP contribution in [0.3, 0.4) is 0 Å². The third-order valence-corrected chi connectivity index (χ3v) is 2.60. The van der Waals surface area contributed by atoms with Crippen molar-refractivity contribution in [3.05, 3.63) is 17.7 Å². The molecule has 0 aliphatic carbocycles. The Balaban J connectivity index is 3.07. The van der Waals surface area contributed by atoms with Crippen molar-refractivity contribution in [3.8, 4) is 0 Å². The fourth-order valence-electron chi connectivity index (χ4n) is 1.68. The third-order valence-electron chi connectivity index (χ3n) is 2.60. The van der Waals surface area contributed by atoms with Gasteiger partial charge in [0, 0.05) is 12.5 Å². The minimum absolute atomic E-state index is 0.0434. The van der Waals surface area contributed by atoms with Gasteiger partial charge in [-0.25, -0.2) is 18.7 Å². The molecule has 108 valence electrons. The summed E-state index contributed by atoms with van der Waals surface area (Å²) in [5.41, 5.74) is 0.633. The zero-order chi connectivity index (χ0) is 14.4. The van der Waals surface area contributed by atoms with Crippen LogP contribution in [0.1, 0.15) is 31.3 Å². The summed E-state index contributed by atoms with van der Waals surface area (Å²) in [4.78, 5) is 9.56. The number of hydrogen-bond acceptors (Lipinski definition) is 5. The van der Waals surface area contributed by atoms with E-state index in [9.17, 15) is 13.9 Å². The maximum atomic E-state index is 12.5. The average molecular weight is 275 g/mol. The molecule has 0 unspecified atom stereocenters. The highest BCUT2D eigenvalue weighted by Gasteiger charge is 2.18. The molecule has 7 heteroatoms. The van der Waals surface area contributed by atoms with E-state index in [1.165, 1.54) is 11.1 Å². The van der Waals surface area contributed by atoms with Gasteiger partial charge >= 0.3 is 0 Å². The number of halogens is 2. The summed E-state index contributed by atoms with van der Waals surface area (Å²) in [6, 6.07) is 0. The van der Waals surface area contributed by atoms with Crippen molar-refractivity contribution in [2.75, 3.05) is 24.6 Å². The first kappa shape index (κ1) is 15.7. The predicted molar refractivity (Wildman–Crippen MR) is 67.3 cm³/mol. The van der Waals surface area contributed by atoms with Gasteiger partial charge in [-0.15, -0.1) is 0 Å². The highest BCUT2D eigenvalue weighted by atomic mass is 19.3. The SMILES string of the molecule is CC(C)c1ncc(N(CCO)CC(F)F)c(CO)n1. The van der Waals surface area contributed by atoms with E-state index in [4.69, 9.17) is 5.11 Å². The maximum Gasteiger partial charge on any atom is 0.255 e. The van der Waals surface area contributed by atoms with E-state index >= 15 is 0 Å². The fraction of sp³-hybridized carbons (Fsp3) is 0.667. The molecule has 0 fully saturated rings. The van der Waals surface area contributed by atoms with Crippen molar-refractivity contribution in [2.45, 2.75) is 32.8 Å². The second-order valence-electron chi connectivity index (χ2n) is 4.43. The highest BCUT2D eigenvalue weighted by molar-refractivity contribution is 5.49. The number of rotatable bonds is 7. The third kappa shape index (κ3) is 4.36. The molecule has 1 aromatic rings. The molecule has 5 nitrogen and oxygen atoms in total. The Hall–Kier alpha value is -1.34. The lowest BCUT2D eigenvalue weighted by Crippen LogP contribution is -2.33. The summed E-state index contributed by atoms with van der Waals surface area (Å²) in [5, 5.41) is 18.2. The molecule has 0 spiro atoms. The lowest BCUT2D eigenvalue weighted by Gasteiger charge is -2.25. The molecule has 1 rings (SSSR count). The molecule has 1 aromatic heterocycles. The van der Waals surface area contributed by atoms with E-state index in [0.29, 0.717) is 17.2 Å². The Morgan fingerprint density at radius 1 is 1.32 bits per heavy atom. The van der Waals surface area contributed by atoms with Gasteiger partial charge in [-0.1, -0.05) is 13.8 Å². The van der Waals surface area contributed by atoms with Crippen molar-refractivity contribution in [1.82, 2.24) is 9.97 Å². The van der Waals surface area contributed by atoms with E-state index in [1.807, 2.05) is 13.8 Å². The van der Waals surface area contributed by atoms with Crippen LogP contribution < -0.4 is 4.90 Å². The Morgan fingerprint density at radius 3 is 2.47 bits per heavy atom. The van der Waals surface area contributed by atoms with Crippen LogP contribution in [-0.2, 0) is 6.61 Å². The second-order valence-corrected chi connectivity index (χ2v) is 4.43. The van der Waals surface area contributed by atoms with E-state index in [0.717, 1.165) is 0 Å². The summed E-state index contributed by atoms with van der Waals surface area (Å²) < 4.78 is 25.0. The van der Waals surface area contributed by atoms with Crippen LogP contribution in [0.4, 0.5) is 14.5 Å². The Labute approximate surface area is 110 Å². The number of aliphatic hydroxyl groups is 2. The van der Waals surface area contributed by atoms with Crippen LogP contribution in [0.25, 0.3) is 0 Å². The first-order chi connectivity index (χ1) is 8.99. The molecular weight excluding hydrogens is 256 g/mol. The zero-order valence-corrected chi connectivity index (χ0v) is 11.1. The largest absolute Gasteiger partial charge is 0.395 e. The van der Waals surface area contributed by atoms with Crippen molar-refractivity contribution in [3.63, 3.8) is 0 Å². The molecule has 0 aliphatic heterocycles. The minimum Gasteiger partial charge on any atom is -0.395 e. The van der Waals surface area contributed by atoms with Gasteiger partial charge < -0.3 is 15.1 Å². The van der Waals surface area contributed by atoms with Crippen molar-refractivity contribution in [1.29, 1.82) is 0 Å². The Kier molecular flexibility index (Phi) is 6.04. The lowest BCUT2D eigenvalue weighted by molar-refractivity contribution is 0.152. The summed E-state index contributed by atoms with van der Waals surface area (Å²) in [5.74, 6) is 0.634. The number of hydrogen-bond donors (Lipinski definition) is 2. The molecule has 0 radical (unpaired) electrons. The average Bonchev–Trinajstić information content (AvgIpc) is 2.36. The van der Waals surface area contributed by atoms with Gasteiger partial charge in [0.25, 0.3) is 6.43 Å². The number of aromatic nitrogens is 2. The molecule has 0 aromatic carbocycles.